The molecule has 3 heteroatoms. The Morgan fingerprint density at radius 1 is 0.645 bits per heavy atom. The van der Waals surface area contributed by atoms with Gasteiger partial charge < -0.3 is 14.6 Å². The van der Waals surface area contributed by atoms with E-state index in [1.54, 1.807) is 14.2 Å². The topological polar surface area (TPSA) is 38.7 Å². The normalized spacial score (nSPS) is 14.4. The van der Waals surface area contributed by atoms with Crippen molar-refractivity contribution in [3.63, 3.8) is 0 Å². The Labute approximate surface area is 184 Å². The molecule has 3 atom stereocenters. The van der Waals surface area contributed by atoms with Gasteiger partial charge in [0.1, 0.15) is 11.5 Å². The predicted octanol–water partition coefficient (Wildman–Crippen LogP) is 6.67. The van der Waals surface area contributed by atoms with Gasteiger partial charge in [0.05, 0.1) is 20.3 Å². The molecule has 160 valence electrons. The van der Waals surface area contributed by atoms with E-state index in [1.807, 2.05) is 18.2 Å². The van der Waals surface area contributed by atoms with Gasteiger partial charge in [0, 0.05) is 5.92 Å². The molecule has 0 radical (unpaired) electrons. The van der Waals surface area contributed by atoms with E-state index < -0.39 is 6.10 Å². The monoisotopic (exact) mass is 414 g/mol. The highest BCUT2D eigenvalue weighted by Crippen LogP contribution is 2.32. The van der Waals surface area contributed by atoms with E-state index in [4.69, 9.17) is 9.47 Å². The summed E-state index contributed by atoms with van der Waals surface area (Å²) in [7, 11) is 3.37. The SMILES string of the molecule is COc1ccc2cc(C(C)CC(O)C(C)c3ccc4cc(OC)ccc4c3)ccc2c1. The Bertz CT molecular complexity index is 1200. The molecule has 0 saturated heterocycles. The average molecular weight is 415 g/mol. The Morgan fingerprint density at radius 2 is 1.10 bits per heavy atom. The van der Waals surface area contributed by atoms with Crippen molar-refractivity contribution in [1.82, 2.24) is 0 Å². The molecule has 3 unspecified atom stereocenters. The molecule has 4 aromatic carbocycles. The summed E-state index contributed by atoms with van der Waals surface area (Å²) in [5.41, 5.74) is 2.40. The summed E-state index contributed by atoms with van der Waals surface area (Å²) in [6, 6.07) is 25.1. The molecule has 1 N–H and O–H groups in total. The fraction of sp³-hybridized carbons (Fsp3) is 0.286. The number of fused-ring (bicyclic) bond motifs is 2. The standard InChI is InChI=1S/C28H30O3/c1-18(20-5-7-24-16-26(30-3)11-9-22(24)14-20)13-28(29)19(2)21-6-8-25-17-27(31-4)12-10-23(25)15-21/h5-12,14-19,28-29H,13H2,1-4H3. The first-order valence-corrected chi connectivity index (χ1v) is 10.8. The molecule has 0 fully saturated rings. The average Bonchev–Trinajstić information content (AvgIpc) is 2.81. The predicted molar refractivity (Wildman–Crippen MR) is 128 cm³/mol. The van der Waals surface area contributed by atoms with Gasteiger partial charge in [-0.2, -0.15) is 0 Å². The fourth-order valence-electron chi connectivity index (χ4n) is 4.25. The molecule has 0 aliphatic carbocycles. The lowest BCUT2D eigenvalue weighted by Crippen LogP contribution is -2.18. The zero-order valence-corrected chi connectivity index (χ0v) is 18.6. The smallest absolute Gasteiger partial charge is 0.119 e. The zero-order valence-electron chi connectivity index (χ0n) is 18.6. The minimum atomic E-state index is -0.419. The number of methoxy groups -OCH3 is 2. The Morgan fingerprint density at radius 3 is 1.65 bits per heavy atom. The van der Waals surface area contributed by atoms with Crippen LogP contribution in [0.4, 0.5) is 0 Å². The summed E-state index contributed by atoms with van der Waals surface area (Å²) in [6.45, 7) is 4.29. The minimum Gasteiger partial charge on any atom is -0.497 e. The summed E-state index contributed by atoms with van der Waals surface area (Å²) < 4.78 is 10.6. The second-order valence-electron chi connectivity index (χ2n) is 8.44. The van der Waals surface area contributed by atoms with Crippen LogP contribution in [-0.2, 0) is 0 Å². The molecule has 0 bridgehead atoms. The maximum atomic E-state index is 11.0. The molecule has 0 amide bonds. The van der Waals surface area contributed by atoms with Crippen LogP contribution in [0.1, 0.15) is 43.2 Å². The number of aliphatic hydroxyl groups is 1. The van der Waals surface area contributed by atoms with E-state index in [1.165, 1.54) is 10.9 Å². The third-order valence-corrected chi connectivity index (χ3v) is 6.41. The largest absolute Gasteiger partial charge is 0.497 e. The van der Waals surface area contributed by atoms with Crippen LogP contribution in [0.3, 0.4) is 0 Å². The maximum Gasteiger partial charge on any atom is 0.119 e. The van der Waals surface area contributed by atoms with E-state index in [0.29, 0.717) is 6.42 Å². The Kier molecular flexibility index (Phi) is 6.15. The molecular weight excluding hydrogens is 384 g/mol. The lowest BCUT2D eigenvalue weighted by atomic mass is 9.86. The third-order valence-electron chi connectivity index (χ3n) is 6.41. The van der Waals surface area contributed by atoms with Gasteiger partial charge in [0.25, 0.3) is 0 Å². The van der Waals surface area contributed by atoms with Crippen molar-refractivity contribution in [3.8, 4) is 11.5 Å². The number of hydrogen-bond acceptors (Lipinski definition) is 3. The van der Waals surface area contributed by atoms with E-state index in [2.05, 4.69) is 68.4 Å². The molecule has 4 rings (SSSR count). The van der Waals surface area contributed by atoms with Crippen LogP contribution in [-0.4, -0.2) is 25.4 Å². The van der Waals surface area contributed by atoms with Gasteiger partial charge in [-0.1, -0.05) is 62.4 Å². The van der Waals surface area contributed by atoms with Crippen molar-refractivity contribution < 1.29 is 14.6 Å². The second-order valence-corrected chi connectivity index (χ2v) is 8.44. The third kappa shape index (κ3) is 4.52. The van der Waals surface area contributed by atoms with Crippen LogP contribution >= 0.6 is 0 Å². The molecule has 3 nitrogen and oxygen atoms in total. The maximum absolute atomic E-state index is 11.0. The lowest BCUT2D eigenvalue weighted by molar-refractivity contribution is 0.133. The van der Waals surface area contributed by atoms with Crippen molar-refractivity contribution >= 4 is 21.5 Å². The van der Waals surface area contributed by atoms with Crippen LogP contribution in [0.5, 0.6) is 11.5 Å². The van der Waals surface area contributed by atoms with E-state index in [-0.39, 0.29) is 11.8 Å². The highest BCUT2D eigenvalue weighted by Gasteiger charge is 2.20. The number of benzene rings is 4. The highest BCUT2D eigenvalue weighted by atomic mass is 16.5. The van der Waals surface area contributed by atoms with Gasteiger partial charge in [-0.15, -0.1) is 0 Å². The van der Waals surface area contributed by atoms with E-state index in [0.717, 1.165) is 33.2 Å². The molecule has 0 saturated carbocycles. The second kappa shape index (κ2) is 8.99. The zero-order chi connectivity index (χ0) is 22.0. The summed E-state index contributed by atoms with van der Waals surface area (Å²) >= 11 is 0. The van der Waals surface area contributed by atoms with Gasteiger partial charge in [-0.05, 0) is 69.3 Å². The minimum absolute atomic E-state index is 0.0543. The first-order valence-electron chi connectivity index (χ1n) is 10.8. The van der Waals surface area contributed by atoms with Crippen molar-refractivity contribution in [2.24, 2.45) is 0 Å². The van der Waals surface area contributed by atoms with Crippen LogP contribution in [0.25, 0.3) is 21.5 Å². The van der Waals surface area contributed by atoms with Crippen molar-refractivity contribution in [1.29, 1.82) is 0 Å². The number of hydrogen-bond donors (Lipinski definition) is 1. The number of ether oxygens (including phenoxy) is 2. The van der Waals surface area contributed by atoms with Gasteiger partial charge in [-0.3, -0.25) is 0 Å². The first kappa shape index (κ1) is 21.2. The number of rotatable bonds is 7. The van der Waals surface area contributed by atoms with Gasteiger partial charge in [-0.25, -0.2) is 0 Å². The van der Waals surface area contributed by atoms with Gasteiger partial charge in [0.15, 0.2) is 0 Å². The van der Waals surface area contributed by atoms with Gasteiger partial charge >= 0.3 is 0 Å². The van der Waals surface area contributed by atoms with Crippen LogP contribution < -0.4 is 9.47 Å². The molecule has 0 aliphatic heterocycles. The van der Waals surface area contributed by atoms with Gasteiger partial charge in [0.2, 0.25) is 0 Å². The van der Waals surface area contributed by atoms with Crippen LogP contribution in [0, 0.1) is 0 Å². The first-order chi connectivity index (χ1) is 15.0. The van der Waals surface area contributed by atoms with E-state index >= 15 is 0 Å². The summed E-state index contributed by atoms with van der Waals surface area (Å²) in [6.07, 6.45) is 0.293. The fourth-order valence-corrected chi connectivity index (χ4v) is 4.25. The molecule has 0 spiro atoms. The Hall–Kier alpha value is -3.04. The summed E-state index contributed by atoms with van der Waals surface area (Å²) in [5.74, 6) is 2.04. The van der Waals surface area contributed by atoms with E-state index in [9.17, 15) is 5.11 Å². The highest BCUT2D eigenvalue weighted by molar-refractivity contribution is 5.85. The Balaban J connectivity index is 1.49. The summed E-state index contributed by atoms with van der Waals surface area (Å²) in [4.78, 5) is 0. The molecule has 0 heterocycles. The quantitative estimate of drug-likeness (QED) is 0.367. The lowest BCUT2D eigenvalue weighted by Gasteiger charge is -2.23. The number of aliphatic hydroxyl groups excluding tert-OH is 1. The summed E-state index contributed by atoms with van der Waals surface area (Å²) in [5, 5.41) is 15.7. The van der Waals surface area contributed by atoms with Crippen LogP contribution in [0.2, 0.25) is 0 Å². The molecular formula is C28H30O3. The van der Waals surface area contributed by atoms with Crippen LogP contribution in [0.15, 0.2) is 72.8 Å². The van der Waals surface area contributed by atoms with Crippen molar-refractivity contribution in [2.45, 2.75) is 38.2 Å². The molecule has 0 aliphatic rings. The molecule has 0 aromatic heterocycles. The molecule has 31 heavy (non-hydrogen) atoms. The molecule has 4 aromatic rings. The van der Waals surface area contributed by atoms with Crippen molar-refractivity contribution in [3.05, 3.63) is 83.9 Å². The van der Waals surface area contributed by atoms with Crippen molar-refractivity contribution in [2.75, 3.05) is 14.2 Å².